The summed E-state index contributed by atoms with van der Waals surface area (Å²) in [5, 5.41) is 20.3. The highest BCUT2D eigenvalue weighted by molar-refractivity contribution is 5.91. The van der Waals surface area contributed by atoms with Crippen LogP contribution < -0.4 is 15.4 Å². The molecule has 2 N–H and O–H groups in total. The van der Waals surface area contributed by atoms with Crippen LogP contribution in [0.5, 0.6) is 5.75 Å². The maximum atomic E-state index is 13.2. The number of amides is 2. The van der Waals surface area contributed by atoms with Gasteiger partial charge in [0, 0.05) is 37.7 Å². The van der Waals surface area contributed by atoms with Crippen molar-refractivity contribution in [1.82, 2.24) is 35.5 Å². The Morgan fingerprint density at radius 3 is 2.51 bits per heavy atom. The summed E-state index contributed by atoms with van der Waals surface area (Å²) in [5.74, 6) is -2.42. The van der Waals surface area contributed by atoms with E-state index in [1.165, 1.54) is 17.9 Å². The fourth-order valence-electron chi connectivity index (χ4n) is 3.94. The van der Waals surface area contributed by atoms with E-state index in [-0.39, 0.29) is 43.3 Å². The first kappa shape index (κ1) is 31.4. The van der Waals surface area contributed by atoms with Crippen LogP contribution in [-0.4, -0.2) is 67.2 Å². The number of aromatic nitrogens is 6. The van der Waals surface area contributed by atoms with Crippen molar-refractivity contribution in [2.75, 3.05) is 12.4 Å². The molecule has 0 spiro atoms. The van der Waals surface area contributed by atoms with Crippen LogP contribution in [0, 0.1) is 6.92 Å². The van der Waals surface area contributed by atoms with Crippen molar-refractivity contribution in [3.05, 3.63) is 53.2 Å². The second-order valence-corrected chi connectivity index (χ2v) is 9.72. The minimum atomic E-state index is -2.64. The van der Waals surface area contributed by atoms with E-state index in [1.54, 1.807) is 31.2 Å². The fourth-order valence-corrected chi connectivity index (χ4v) is 3.94. The Balaban J connectivity index is 0.000000263. The number of carbonyl (C=O) groups excluding carboxylic acids is 2. The molecule has 3 heterocycles. The molecule has 1 atom stereocenters. The van der Waals surface area contributed by atoms with E-state index in [0.29, 0.717) is 29.4 Å². The average Bonchev–Trinajstić information content (AvgIpc) is 3.36. The monoisotopic (exact) mass is 576 g/mol. The van der Waals surface area contributed by atoms with Gasteiger partial charge in [-0.15, -0.1) is 10.2 Å². The first-order valence-corrected chi connectivity index (χ1v) is 13.4. The molecule has 0 bridgehead atoms. The van der Waals surface area contributed by atoms with Crippen LogP contribution in [0.3, 0.4) is 0 Å². The Kier molecular flexibility index (Phi) is 11.1. The van der Waals surface area contributed by atoms with Crippen LogP contribution in [0.25, 0.3) is 0 Å². The summed E-state index contributed by atoms with van der Waals surface area (Å²) >= 11 is 0. The number of alkyl halides is 3. The Hall–Kier alpha value is -4.10. The SMILES string of the molecule is CCC[C@@H](F)Cn1cc(C(=O)NC)nn1.CCc1ccc(NC(=O)Cc2cc(OC3CC(F)(F)C3)cc(C)n2)nn1. The molecular weight excluding hydrogens is 541 g/mol. The number of aryl methyl sites for hydroxylation is 2. The van der Waals surface area contributed by atoms with E-state index in [1.807, 2.05) is 13.8 Å². The molecule has 3 aromatic heterocycles. The molecule has 3 aromatic rings. The van der Waals surface area contributed by atoms with Crippen molar-refractivity contribution in [1.29, 1.82) is 0 Å². The summed E-state index contributed by atoms with van der Waals surface area (Å²) in [7, 11) is 1.51. The van der Waals surface area contributed by atoms with Gasteiger partial charge in [-0.1, -0.05) is 25.5 Å². The van der Waals surface area contributed by atoms with E-state index in [9.17, 15) is 22.8 Å². The molecule has 41 heavy (non-hydrogen) atoms. The zero-order chi connectivity index (χ0) is 30.0. The lowest BCUT2D eigenvalue weighted by Gasteiger charge is -2.34. The van der Waals surface area contributed by atoms with Crippen LogP contribution in [0.4, 0.5) is 19.0 Å². The molecule has 0 unspecified atom stereocenters. The van der Waals surface area contributed by atoms with Crippen molar-refractivity contribution >= 4 is 17.6 Å². The Labute approximate surface area is 236 Å². The molecular formula is C27H35F3N8O3. The van der Waals surface area contributed by atoms with Gasteiger partial charge in [-0.25, -0.2) is 17.9 Å². The van der Waals surface area contributed by atoms with Crippen molar-refractivity contribution in [3.8, 4) is 5.75 Å². The van der Waals surface area contributed by atoms with Gasteiger partial charge in [0.25, 0.3) is 11.8 Å². The summed E-state index contributed by atoms with van der Waals surface area (Å²) in [6.45, 7) is 5.80. The maximum Gasteiger partial charge on any atom is 0.273 e. The van der Waals surface area contributed by atoms with Crippen molar-refractivity contribution in [2.24, 2.45) is 0 Å². The van der Waals surface area contributed by atoms with Gasteiger partial charge in [-0.2, -0.15) is 5.10 Å². The molecule has 14 heteroatoms. The average molecular weight is 577 g/mol. The standard InChI is InChI=1S/C18H20F2N4O2.C9H15FN4O/c1-3-12-4-5-16(24-23-12)22-17(25)8-13-7-14(6-11(2)21-13)26-15-9-18(19,20)10-15;1-3-4-7(10)5-14-6-8(12-13-14)9(15)11-2/h4-7,15H,3,8-10H2,1-2H3,(H,22,24,25);6-7H,3-5H2,1-2H3,(H,11,15)/t;7-/m.1/s1. The highest BCUT2D eigenvalue weighted by Gasteiger charge is 2.47. The third kappa shape index (κ3) is 10.1. The van der Waals surface area contributed by atoms with Crippen LogP contribution in [0.1, 0.15) is 67.1 Å². The van der Waals surface area contributed by atoms with Crippen LogP contribution in [0.2, 0.25) is 0 Å². The zero-order valence-corrected chi connectivity index (χ0v) is 23.5. The minimum Gasteiger partial charge on any atom is -0.490 e. The van der Waals surface area contributed by atoms with Gasteiger partial charge in [0.15, 0.2) is 11.5 Å². The highest BCUT2D eigenvalue weighted by atomic mass is 19.3. The Morgan fingerprint density at radius 1 is 1.15 bits per heavy atom. The van der Waals surface area contributed by atoms with Gasteiger partial charge < -0.3 is 15.4 Å². The van der Waals surface area contributed by atoms with Crippen LogP contribution in [0.15, 0.2) is 30.5 Å². The van der Waals surface area contributed by atoms with Crippen molar-refractivity contribution in [2.45, 2.75) is 84.0 Å². The molecule has 0 aliphatic heterocycles. The summed E-state index contributed by atoms with van der Waals surface area (Å²) in [6, 6.07) is 6.77. The molecule has 11 nitrogen and oxygen atoms in total. The highest BCUT2D eigenvalue weighted by Crippen LogP contribution is 2.39. The molecule has 1 aliphatic rings. The van der Waals surface area contributed by atoms with Crippen molar-refractivity contribution in [3.63, 3.8) is 0 Å². The number of nitrogens with zero attached hydrogens (tertiary/aromatic N) is 6. The Morgan fingerprint density at radius 2 is 1.90 bits per heavy atom. The smallest absolute Gasteiger partial charge is 0.273 e. The number of hydrogen-bond donors (Lipinski definition) is 2. The van der Waals surface area contributed by atoms with E-state index in [2.05, 4.69) is 36.1 Å². The predicted octanol–water partition coefficient (Wildman–Crippen LogP) is 3.88. The van der Waals surface area contributed by atoms with E-state index >= 15 is 0 Å². The summed E-state index contributed by atoms with van der Waals surface area (Å²) < 4.78 is 45.9. The molecule has 1 fully saturated rings. The fraction of sp³-hybridized carbons (Fsp3) is 0.519. The summed E-state index contributed by atoms with van der Waals surface area (Å²) in [6.07, 6.45) is 1.53. The van der Waals surface area contributed by atoms with Crippen LogP contribution >= 0.6 is 0 Å². The first-order chi connectivity index (χ1) is 19.5. The summed E-state index contributed by atoms with van der Waals surface area (Å²) in [4.78, 5) is 27.6. The molecule has 4 rings (SSSR count). The molecule has 0 radical (unpaired) electrons. The lowest BCUT2D eigenvalue weighted by atomic mass is 9.91. The molecule has 0 aromatic carbocycles. The third-order valence-electron chi connectivity index (χ3n) is 6.01. The van der Waals surface area contributed by atoms with Gasteiger partial charge in [0.1, 0.15) is 18.0 Å². The van der Waals surface area contributed by atoms with E-state index in [0.717, 1.165) is 18.5 Å². The predicted molar refractivity (Wildman–Crippen MR) is 145 cm³/mol. The molecule has 0 saturated heterocycles. The quantitative estimate of drug-likeness (QED) is 0.351. The van der Waals surface area contributed by atoms with Gasteiger partial charge in [-0.3, -0.25) is 14.6 Å². The first-order valence-electron chi connectivity index (χ1n) is 13.4. The largest absolute Gasteiger partial charge is 0.490 e. The Bertz CT molecular complexity index is 1300. The minimum absolute atomic E-state index is 0.0239. The lowest BCUT2D eigenvalue weighted by molar-refractivity contribution is -0.134. The molecule has 1 aliphatic carbocycles. The number of hydrogen-bond acceptors (Lipinski definition) is 8. The van der Waals surface area contributed by atoms with Gasteiger partial charge in [0.05, 0.1) is 30.6 Å². The number of anilines is 1. The second-order valence-electron chi connectivity index (χ2n) is 9.72. The molecule has 2 amide bonds. The molecule has 222 valence electrons. The van der Waals surface area contributed by atoms with Crippen molar-refractivity contribution < 1.29 is 27.5 Å². The maximum absolute atomic E-state index is 13.2. The van der Waals surface area contributed by atoms with E-state index < -0.39 is 18.2 Å². The zero-order valence-electron chi connectivity index (χ0n) is 23.5. The molecule has 1 saturated carbocycles. The third-order valence-corrected chi connectivity index (χ3v) is 6.01. The van der Waals surface area contributed by atoms with E-state index in [4.69, 9.17) is 4.74 Å². The van der Waals surface area contributed by atoms with Gasteiger partial charge in [-0.05, 0) is 31.9 Å². The second kappa shape index (κ2) is 14.5. The number of pyridine rings is 1. The number of halogens is 3. The number of rotatable bonds is 11. The number of carbonyl (C=O) groups is 2. The van der Waals surface area contributed by atoms with Gasteiger partial charge in [0.2, 0.25) is 5.91 Å². The summed E-state index contributed by atoms with van der Waals surface area (Å²) in [5.41, 5.74) is 2.21. The number of ether oxygens (including phenoxy) is 1. The number of nitrogens with one attached hydrogen (secondary N) is 2. The van der Waals surface area contributed by atoms with Crippen LogP contribution in [-0.2, 0) is 24.2 Å². The normalized spacial score (nSPS) is 14.7. The van der Waals surface area contributed by atoms with Gasteiger partial charge >= 0.3 is 0 Å². The topological polar surface area (TPSA) is 137 Å². The lowest BCUT2D eigenvalue weighted by Crippen LogP contribution is -2.43.